The molecule has 9 nitrogen and oxygen atoms in total. The summed E-state index contributed by atoms with van der Waals surface area (Å²) in [5, 5.41) is 5.19. The highest BCUT2D eigenvalue weighted by Crippen LogP contribution is 2.39. The summed E-state index contributed by atoms with van der Waals surface area (Å²) in [4.78, 5) is 12.4. The van der Waals surface area contributed by atoms with Crippen molar-refractivity contribution in [2.24, 2.45) is 5.41 Å². The number of methoxy groups -OCH3 is 1. The van der Waals surface area contributed by atoms with E-state index in [1.54, 1.807) is 42.1 Å². The van der Waals surface area contributed by atoms with Crippen molar-refractivity contribution in [3.63, 3.8) is 0 Å². The molecular weight excluding hydrogens is 804 g/mol. The molecule has 0 aliphatic heterocycles. The van der Waals surface area contributed by atoms with Crippen LogP contribution >= 0.6 is 15.9 Å². The number of fused-ring (bicyclic) bond motifs is 1. The van der Waals surface area contributed by atoms with Crippen molar-refractivity contribution in [2.45, 2.75) is 57.9 Å². The molecule has 4 aromatic carbocycles. The Kier molecular flexibility index (Phi) is 12.2. The zero-order valence-electron chi connectivity index (χ0n) is 31.6. The van der Waals surface area contributed by atoms with Crippen molar-refractivity contribution < 1.29 is 36.2 Å². The standard InChI is InChI=1S/C43H42BrF2N3O6S/c1-6-54-24-20-34-33-18-23-49(56(51,52)32-15-12-28(2)13-16-32)40(33)27-37(46)41(34)55-31-14-17-36(45)35(26-31)38-19-22-48(47-38)39(29-9-7-10-30(44)25-29)11-8-21-43(3,4)42(50)53-5/h7,9-10,12-20,22-27,39H,6,8,11,21H2,1-5H3/b24-20+. The molecule has 0 saturated heterocycles. The quantitative estimate of drug-likeness (QED) is 0.0749. The van der Waals surface area contributed by atoms with Crippen LogP contribution in [0.4, 0.5) is 8.78 Å². The molecule has 0 saturated carbocycles. The first-order chi connectivity index (χ1) is 26.7. The molecule has 6 rings (SSSR count). The molecule has 1 unspecified atom stereocenters. The van der Waals surface area contributed by atoms with Gasteiger partial charge in [-0.15, -0.1) is 0 Å². The van der Waals surface area contributed by atoms with Crippen molar-refractivity contribution in [2.75, 3.05) is 13.7 Å². The first kappa shape index (κ1) is 40.4. The molecule has 56 heavy (non-hydrogen) atoms. The summed E-state index contributed by atoms with van der Waals surface area (Å²) in [5.74, 6) is -1.76. The number of nitrogens with zero attached hydrogens (tertiary/aromatic N) is 3. The normalized spacial score (nSPS) is 12.6. The Balaban J connectivity index is 1.34. The Morgan fingerprint density at radius 2 is 1.75 bits per heavy atom. The predicted molar refractivity (Wildman–Crippen MR) is 216 cm³/mol. The second-order valence-corrected chi connectivity index (χ2v) is 16.7. The molecule has 0 bridgehead atoms. The molecule has 0 fully saturated rings. The van der Waals surface area contributed by atoms with Crippen LogP contribution in [-0.4, -0.2) is 41.9 Å². The van der Waals surface area contributed by atoms with E-state index in [0.29, 0.717) is 36.9 Å². The maximum absolute atomic E-state index is 16.2. The number of carbonyl (C=O) groups excluding carboxylic acids is 1. The monoisotopic (exact) mass is 845 g/mol. The first-order valence-electron chi connectivity index (χ1n) is 18.0. The van der Waals surface area contributed by atoms with Gasteiger partial charge in [-0.1, -0.05) is 45.8 Å². The molecule has 13 heteroatoms. The highest BCUT2D eigenvalue weighted by Gasteiger charge is 2.29. The number of hydrogen-bond donors (Lipinski definition) is 0. The number of rotatable bonds is 15. The van der Waals surface area contributed by atoms with E-state index in [1.165, 1.54) is 56.0 Å². The van der Waals surface area contributed by atoms with E-state index < -0.39 is 27.1 Å². The van der Waals surface area contributed by atoms with E-state index >= 15 is 8.78 Å². The SMILES string of the molecule is CCO/C=C/c1c(Oc2ccc(F)c(-c3ccn(C(CCCC(C)(C)C(=O)OC)c4cccc(Br)c4)n3)c2)c(F)cc2c1ccn2S(=O)(=O)c1ccc(C)cc1. The second-order valence-electron chi connectivity index (χ2n) is 14.0. The number of ether oxygens (including phenoxy) is 3. The van der Waals surface area contributed by atoms with Crippen molar-refractivity contribution in [1.82, 2.24) is 13.8 Å². The molecule has 0 N–H and O–H groups in total. The minimum absolute atomic E-state index is 0.0551. The summed E-state index contributed by atoms with van der Waals surface area (Å²) in [6, 6.07) is 22.4. The number of aromatic nitrogens is 3. The Morgan fingerprint density at radius 1 is 0.982 bits per heavy atom. The molecular formula is C43H42BrF2N3O6S. The van der Waals surface area contributed by atoms with Gasteiger partial charge in [0, 0.05) is 39.4 Å². The summed E-state index contributed by atoms with van der Waals surface area (Å²) in [7, 11) is -2.69. The van der Waals surface area contributed by atoms with Crippen LogP contribution in [-0.2, 0) is 24.3 Å². The van der Waals surface area contributed by atoms with Gasteiger partial charge in [0.1, 0.15) is 11.6 Å². The van der Waals surface area contributed by atoms with Crippen LogP contribution in [0.3, 0.4) is 0 Å². The molecule has 0 aliphatic carbocycles. The summed E-state index contributed by atoms with van der Waals surface area (Å²) >= 11 is 3.56. The molecule has 2 heterocycles. The lowest BCUT2D eigenvalue weighted by molar-refractivity contribution is -0.151. The Bertz CT molecular complexity index is 2510. The molecule has 1 atom stereocenters. The minimum Gasteiger partial charge on any atom is -0.501 e. The third kappa shape index (κ3) is 8.58. The lowest BCUT2D eigenvalue weighted by atomic mass is 9.86. The van der Waals surface area contributed by atoms with Gasteiger partial charge in [-0.2, -0.15) is 5.10 Å². The summed E-state index contributed by atoms with van der Waals surface area (Å²) < 4.78 is 79.3. The summed E-state index contributed by atoms with van der Waals surface area (Å²) in [6.07, 6.45) is 7.94. The van der Waals surface area contributed by atoms with Crippen LogP contribution in [0.5, 0.6) is 11.5 Å². The van der Waals surface area contributed by atoms with Gasteiger partial charge in [0.15, 0.2) is 11.6 Å². The van der Waals surface area contributed by atoms with E-state index in [9.17, 15) is 13.2 Å². The molecule has 0 amide bonds. The lowest BCUT2D eigenvalue weighted by Crippen LogP contribution is -2.25. The van der Waals surface area contributed by atoms with Gasteiger partial charge in [-0.05, 0) is 113 Å². The minimum atomic E-state index is -4.07. The predicted octanol–water partition coefficient (Wildman–Crippen LogP) is 10.8. The maximum atomic E-state index is 16.2. The number of esters is 1. The summed E-state index contributed by atoms with van der Waals surface area (Å²) in [5.41, 5.74) is 1.99. The number of carbonyl (C=O) groups is 1. The molecule has 6 aromatic rings. The molecule has 292 valence electrons. The van der Waals surface area contributed by atoms with E-state index in [0.717, 1.165) is 25.6 Å². The number of aryl methyl sites for hydroxylation is 1. The fraction of sp³-hybridized carbons (Fsp3) is 0.256. The van der Waals surface area contributed by atoms with Crippen LogP contribution in [0.1, 0.15) is 62.8 Å². The van der Waals surface area contributed by atoms with Crippen molar-refractivity contribution in [1.29, 1.82) is 0 Å². The van der Waals surface area contributed by atoms with Crippen LogP contribution in [0.15, 0.2) is 113 Å². The Labute approximate surface area is 333 Å². The van der Waals surface area contributed by atoms with E-state index in [4.69, 9.17) is 19.3 Å². The van der Waals surface area contributed by atoms with Gasteiger partial charge in [0.25, 0.3) is 10.0 Å². The average Bonchev–Trinajstić information content (AvgIpc) is 3.83. The van der Waals surface area contributed by atoms with E-state index in [1.807, 2.05) is 45.0 Å². The third-order valence-electron chi connectivity index (χ3n) is 9.59. The first-order valence-corrected chi connectivity index (χ1v) is 20.3. The zero-order valence-corrected chi connectivity index (χ0v) is 34.0. The van der Waals surface area contributed by atoms with Crippen molar-refractivity contribution in [3.8, 4) is 22.8 Å². The summed E-state index contributed by atoms with van der Waals surface area (Å²) in [6.45, 7) is 7.70. The van der Waals surface area contributed by atoms with Gasteiger partial charge < -0.3 is 14.2 Å². The molecule has 0 aliphatic rings. The van der Waals surface area contributed by atoms with E-state index in [2.05, 4.69) is 15.9 Å². The zero-order chi connectivity index (χ0) is 40.2. The Hall–Kier alpha value is -5.27. The smallest absolute Gasteiger partial charge is 0.311 e. The molecule has 0 spiro atoms. The van der Waals surface area contributed by atoms with Crippen LogP contribution in [0, 0.1) is 24.0 Å². The van der Waals surface area contributed by atoms with Crippen molar-refractivity contribution in [3.05, 3.63) is 136 Å². The number of halogens is 3. The number of hydrogen-bond acceptors (Lipinski definition) is 7. The Morgan fingerprint density at radius 3 is 2.46 bits per heavy atom. The van der Waals surface area contributed by atoms with Crippen LogP contribution in [0.2, 0.25) is 0 Å². The number of benzene rings is 4. The van der Waals surface area contributed by atoms with Gasteiger partial charge in [0.2, 0.25) is 0 Å². The lowest BCUT2D eigenvalue weighted by Gasteiger charge is -2.24. The van der Waals surface area contributed by atoms with Crippen molar-refractivity contribution >= 4 is 48.9 Å². The molecule has 2 aromatic heterocycles. The third-order valence-corrected chi connectivity index (χ3v) is 11.8. The van der Waals surface area contributed by atoms with Gasteiger partial charge >= 0.3 is 5.97 Å². The maximum Gasteiger partial charge on any atom is 0.311 e. The van der Waals surface area contributed by atoms with E-state index in [-0.39, 0.29) is 45.0 Å². The topological polar surface area (TPSA) is 102 Å². The average molecular weight is 847 g/mol. The highest BCUT2D eigenvalue weighted by atomic mass is 79.9. The van der Waals surface area contributed by atoms with Crippen LogP contribution < -0.4 is 4.74 Å². The highest BCUT2D eigenvalue weighted by molar-refractivity contribution is 9.10. The largest absolute Gasteiger partial charge is 0.501 e. The van der Waals surface area contributed by atoms with Gasteiger partial charge in [-0.25, -0.2) is 21.2 Å². The van der Waals surface area contributed by atoms with Gasteiger partial charge in [-0.3, -0.25) is 9.48 Å². The van der Waals surface area contributed by atoms with Gasteiger partial charge in [0.05, 0.1) is 47.5 Å². The fourth-order valence-corrected chi connectivity index (χ4v) is 8.32. The van der Waals surface area contributed by atoms with Crippen LogP contribution in [0.25, 0.3) is 28.2 Å². The fourth-order valence-electron chi connectivity index (χ4n) is 6.57. The molecule has 0 radical (unpaired) electrons. The second kappa shape index (κ2) is 16.8.